The summed E-state index contributed by atoms with van der Waals surface area (Å²) in [7, 11) is 2.80. The molecule has 1 saturated heterocycles. The molecule has 0 aromatic heterocycles. The topological polar surface area (TPSA) is 61.8 Å². The van der Waals surface area contributed by atoms with E-state index in [-0.39, 0.29) is 23.6 Å². The van der Waals surface area contributed by atoms with Crippen LogP contribution in [0.15, 0.2) is 22.2 Å². The quantitative estimate of drug-likeness (QED) is 0.578. The van der Waals surface area contributed by atoms with Gasteiger partial charge in [-0.3, -0.25) is 9.59 Å². The van der Waals surface area contributed by atoms with E-state index < -0.39 is 11.9 Å². The Morgan fingerprint density at radius 2 is 1.85 bits per heavy atom. The van der Waals surface area contributed by atoms with Crippen molar-refractivity contribution < 1.29 is 23.8 Å². The minimum Gasteiger partial charge on any atom is -0.457 e. The van der Waals surface area contributed by atoms with Gasteiger partial charge in [0.2, 0.25) is 5.78 Å². The fourth-order valence-corrected chi connectivity index (χ4v) is 3.06. The van der Waals surface area contributed by atoms with Crippen molar-refractivity contribution in [2.75, 3.05) is 14.2 Å². The van der Waals surface area contributed by atoms with Crippen LogP contribution in [0.25, 0.3) is 0 Å². The molecule has 0 aromatic carbocycles. The number of carbonyl (C=O) groups excluding carboxylic acids is 2. The van der Waals surface area contributed by atoms with E-state index in [1.807, 2.05) is 13.8 Å². The SMILES string of the molecule is COC1(OC)C=C(Br)C([C@H]2OC(=O)[C@@H](C)[C@H]2C)=CC1=O. The maximum atomic E-state index is 12.2. The zero-order chi connectivity index (χ0) is 15.1. The van der Waals surface area contributed by atoms with E-state index in [0.717, 1.165) is 0 Å². The van der Waals surface area contributed by atoms with Crippen molar-refractivity contribution in [3.8, 4) is 0 Å². The van der Waals surface area contributed by atoms with Gasteiger partial charge in [0.15, 0.2) is 0 Å². The van der Waals surface area contributed by atoms with Gasteiger partial charge in [-0.05, 0) is 12.2 Å². The first kappa shape index (κ1) is 15.4. The first-order valence-electron chi connectivity index (χ1n) is 6.32. The van der Waals surface area contributed by atoms with Crippen LogP contribution in [0.4, 0.5) is 0 Å². The average Bonchev–Trinajstić information content (AvgIpc) is 2.68. The number of halogens is 1. The third-order valence-corrected chi connectivity index (χ3v) is 4.70. The van der Waals surface area contributed by atoms with Gasteiger partial charge < -0.3 is 14.2 Å². The Balaban J connectivity index is 2.35. The van der Waals surface area contributed by atoms with Crippen LogP contribution in [0.1, 0.15) is 13.8 Å². The van der Waals surface area contributed by atoms with Gasteiger partial charge in [-0.1, -0.05) is 29.8 Å². The minimum atomic E-state index is -1.42. The van der Waals surface area contributed by atoms with Crippen LogP contribution < -0.4 is 0 Å². The third kappa shape index (κ3) is 2.25. The lowest BCUT2D eigenvalue weighted by atomic mass is 9.87. The highest BCUT2D eigenvalue weighted by Crippen LogP contribution is 2.40. The molecule has 110 valence electrons. The summed E-state index contributed by atoms with van der Waals surface area (Å²) in [6.45, 7) is 3.75. The number of hydrogen-bond acceptors (Lipinski definition) is 5. The second-order valence-corrected chi connectivity index (χ2v) is 5.89. The van der Waals surface area contributed by atoms with Crippen molar-refractivity contribution in [2.24, 2.45) is 11.8 Å². The maximum absolute atomic E-state index is 12.2. The Morgan fingerprint density at radius 3 is 2.30 bits per heavy atom. The maximum Gasteiger partial charge on any atom is 0.309 e. The summed E-state index contributed by atoms with van der Waals surface area (Å²) in [6.07, 6.45) is 2.54. The van der Waals surface area contributed by atoms with Crippen LogP contribution in [0.5, 0.6) is 0 Å². The molecule has 2 rings (SSSR count). The van der Waals surface area contributed by atoms with Crippen molar-refractivity contribution in [3.05, 3.63) is 22.2 Å². The van der Waals surface area contributed by atoms with Gasteiger partial charge in [-0.15, -0.1) is 0 Å². The van der Waals surface area contributed by atoms with Gasteiger partial charge in [0.05, 0.1) is 5.92 Å². The van der Waals surface area contributed by atoms with E-state index in [4.69, 9.17) is 14.2 Å². The molecule has 0 N–H and O–H groups in total. The number of methoxy groups -OCH3 is 2. The van der Waals surface area contributed by atoms with Crippen LogP contribution in [0.3, 0.4) is 0 Å². The standard InChI is InChI=1S/C14H17BrO5/c1-7-8(2)13(17)20-12(7)9-5-11(16)14(18-3,19-4)6-10(9)15/h5-8,12H,1-4H3/t7-,8+,12+/m1/s1. The highest BCUT2D eigenvalue weighted by molar-refractivity contribution is 9.12. The Kier molecular flexibility index (Phi) is 4.18. The molecule has 3 atom stereocenters. The predicted molar refractivity (Wildman–Crippen MR) is 75.1 cm³/mol. The summed E-state index contributed by atoms with van der Waals surface area (Å²) in [4.78, 5) is 23.9. The summed E-state index contributed by atoms with van der Waals surface area (Å²) >= 11 is 3.41. The number of carbonyl (C=O) groups is 2. The number of ketones is 1. The second kappa shape index (κ2) is 5.42. The smallest absolute Gasteiger partial charge is 0.309 e. The number of hydrogen-bond donors (Lipinski definition) is 0. The molecule has 1 aliphatic heterocycles. The van der Waals surface area contributed by atoms with Crippen molar-refractivity contribution in [1.82, 2.24) is 0 Å². The van der Waals surface area contributed by atoms with Gasteiger partial charge in [0.25, 0.3) is 5.79 Å². The molecule has 0 spiro atoms. The predicted octanol–water partition coefficient (Wildman–Crippen LogP) is 1.96. The average molecular weight is 345 g/mol. The molecule has 0 bridgehead atoms. The summed E-state index contributed by atoms with van der Waals surface area (Å²) < 4.78 is 16.3. The van der Waals surface area contributed by atoms with E-state index >= 15 is 0 Å². The normalized spacial score (nSPS) is 32.8. The molecule has 20 heavy (non-hydrogen) atoms. The van der Waals surface area contributed by atoms with E-state index in [9.17, 15) is 9.59 Å². The highest BCUT2D eigenvalue weighted by atomic mass is 79.9. The fourth-order valence-electron chi connectivity index (χ4n) is 2.42. The second-order valence-electron chi connectivity index (χ2n) is 5.04. The summed E-state index contributed by atoms with van der Waals surface area (Å²) in [5.74, 6) is -2.18. The molecule has 2 aliphatic rings. The molecule has 1 heterocycles. The van der Waals surface area contributed by atoms with E-state index in [1.54, 1.807) is 6.08 Å². The van der Waals surface area contributed by atoms with Gasteiger partial charge in [-0.2, -0.15) is 0 Å². The van der Waals surface area contributed by atoms with Crippen LogP contribution in [0.2, 0.25) is 0 Å². The van der Waals surface area contributed by atoms with Crippen molar-refractivity contribution in [3.63, 3.8) is 0 Å². The number of cyclic esters (lactones) is 1. The zero-order valence-corrected chi connectivity index (χ0v) is 13.4. The Hall–Kier alpha value is -0.980. The minimum absolute atomic E-state index is 0.0000831. The van der Waals surface area contributed by atoms with Crippen LogP contribution in [0, 0.1) is 11.8 Å². The van der Waals surface area contributed by atoms with Gasteiger partial charge >= 0.3 is 5.97 Å². The lowest BCUT2D eigenvalue weighted by Crippen LogP contribution is -2.42. The molecule has 0 unspecified atom stereocenters. The molecule has 1 fully saturated rings. The van der Waals surface area contributed by atoms with Crippen LogP contribution in [-0.2, 0) is 23.8 Å². The van der Waals surface area contributed by atoms with E-state index in [2.05, 4.69) is 15.9 Å². The first-order valence-corrected chi connectivity index (χ1v) is 7.11. The van der Waals surface area contributed by atoms with Gasteiger partial charge in [-0.25, -0.2) is 0 Å². The molecular formula is C14H17BrO5. The Morgan fingerprint density at radius 1 is 1.25 bits per heavy atom. The molecular weight excluding hydrogens is 328 g/mol. The van der Waals surface area contributed by atoms with Crippen LogP contribution in [-0.4, -0.2) is 37.9 Å². The molecule has 0 radical (unpaired) electrons. The first-order chi connectivity index (χ1) is 9.36. The van der Waals surface area contributed by atoms with Gasteiger partial charge in [0.1, 0.15) is 6.10 Å². The molecule has 1 aliphatic carbocycles. The monoisotopic (exact) mass is 344 g/mol. The third-order valence-electron chi connectivity index (χ3n) is 4.02. The Bertz CT molecular complexity index is 504. The molecule has 0 aromatic rings. The summed E-state index contributed by atoms with van der Waals surface area (Å²) in [6, 6.07) is 0. The van der Waals surface area contributed by atoms with Crippen molar-refractivity contribution in [1.29, 1.82) is 0 Å². The van der Waals surface area contributed by atoms with Gasteiger partial charge in [0, 0.05) is 30.2 Å². The fraction of sp³-hybridized carbons (Fsp3) is 0.571. The largest absolute Gasteiger partial charge is 0.457 e. The van der Waals surface area contributed by atoms with Crippen LogP contribution >= 0.6 is 15.9 Å². The van der Waals surface area contributed by atoms with E-state index in [1.165, 1.54) is 20.3 Å². The zero-order valence-electron chi connectivity index (χ0n) is 11.8. The lowest BCUT2D eigenvalue weighted by molar-refractivity contribution is -0.181. The highest BCUT2D eigenvalue weighted by Gasteiger charge is 2.46. The summed E-state index contributed by atoms with van der Waals surface area (Å²) in [5, 5.41) is 0. The number of rotatable bonds is 3. The molecule has 0 saturated carbocycles. The number of ether oxygens (including phenoxy) is 3. The van der Waals surface area contributed by atoms with E-state index in [0.29, 0.717) is 10.1 Å². The van der Waals surface area contributed by atoms with Crippen molar-refractivity contribution >= 4 is 27.7 Å². The lowest BCUT2D eigenvalue weighted by Gasteiger charge is -2.30. The number of esters is 1. The van der Waals surface area contributed by atoms with Crippen molar-refractivity contribution in [2.45, 2.75) is 25.7 Å². The molecule has 0 amide bonds. The molecule has 5 nitrogen and oxygen atoms in total. The summed E-state index contributed by atoms with van der Waals surface area (Å²) in [5.41, 5.74) is 0.643. The Labute approximate surface area is 126 Å². The molecule has 6 heteroatoms.